The molecule has 1 fully saturated rings. The molecule has 0 radical (unpaired) electrons. The molecule has 4 rings (SSSR count). The van der Waals surface area contributed by atoms with Gasteiger partial charge in [-0.2, -0.15) is 4.98 Å². The fraction of sp³-hybridized carbons (Fsp3) is 0.318. The van der Waals surface area contributed by atoms with Gasteiger partial charge in [0, 0.05) is 16.5 Å². The molecule has 1 aromatic heterocycles. The molecule has 1 unspecified atom stereocenters. The lowest BCUT2D eigenvalue weighted by molar-refractivity contribution is 0.0913. The lowest BCUT2D eigenvalue weighted by Crippen LogP contribution is -2.32. The number of amides is 1. The van der Waals surface area contributed by atoms with Crippen molar-refractivity contribution in [1.82, 2.24) is 15.5 Å². The van der Waals surface area contributed by atoms with E-state index in [4.69, 9.17) is 16.1 Å². The summed E-state index contributed by atoms with van der Waals surface area (Å²) in [4.78, 5) is 17.3. The molecule has 3 aromatic rings. The van der Waals surface area contributed by atoms with E-state index in [1.165, 1.54) is 24.3 Å². The lowest BCUT2D eigenvalue weighted by atomic mass is 10.0. The number of aromatic nitrogens is 2. The Labute approximate surface area is 191 Å². The summed E-state index contributed by atoms with van der Waals surface area (Å²) in [5.74, 6) is 0.907. The van der Waals surface area contributed by atoms with Gasteiger partial charge in [0.25, 0.3) is 15.9 Å². The molecule has 2 aromatic carbocycles. The molecule has 0 spiro atoms. The van der Waals surface area contributed by atoms with Crippen LogP contribution in [-0.4, -0.2) is 24.5 Å². The van der Waals surface area contributed by atoms with Crippen molar-refractivity contribution < 1.29 is 17.7 Å². The monoisotopic (exact) mass is 474 g/mol. The van der Waals surface area contributed by atoms with Crippen molar-refractivity contribution in [1.29, 1.82) is 0 Å². The van der Waals surface area contributed by atoms with Crippen LogP contribution < -0.4 is 10.0 Å². The van der Waals surface area contributed by atoms with E-state index in [9.17, 15) is 13.2 Å². The average molecular weight is 475 g/mol. The second kappa shape index (κ2) is 8.91. The Balaban J connectivity index is 1.52. The highest BCUT2D eigenvalue weighted by Crippen LogP contribution is 2.38. The van der Waals surface area contributed by atoms with Gasteiger partial charge in [-0.1, -0.05) is 42.7 Å². The third-order valence-corrected chi connectivity index (χ3v) is 6.72. The molecular weight excluding hydrogens is 452 g/mol. The fourth-order valence-corrected chi connectivity index (χ4v) is 4.47. The maximum absolute atomic E-state index is 12.9. The first-order valence-corrected chi connectivity index (χ1v) is 12.1. The van der Waals surface area contributed by atoms with Gasteiger partial charge in [-0.15, -0.1) is 0 Å². The maximum Gasteiger partial charge on any atom is 0.261 e. The van der Waals surface area contributed by atoms with Crippen molar-refractivity contribution in [3.63, 3.8) is 0 Å². The Bertz CT molecular complexity index is 1240. The van der Waals surface area contributed by atoms with E-state index in [1.807, 2.05) is 13.8 Å². The van der Waals surface area contributed by atoms with Gasteiger partial charge in [-0.3, -0.25) is 9.52 Å². The predicted octanol–water partition coefficient (Wildman–Crippen LogP) is 4.53. The first-order chi connectivity index (χ1) is 15.2. The van der Waals surface area contributed by atoms with Gasteiger partial charge in [-0.25, -0.2) is 8.42 Å². The molecule has 1 saturated carbocycles. The van der Waals surface area contributed by atoms with E-state index in [2.05, 4.69) is 20.2 Å². The Kier molecular flexibility index (Phi) is 6.21. The summed E-state index contributed by atoms with van der Waals surface area (Å²) < 4.78 is 33.4. The molecule has 1 aliphatic carbocycles. The minimum absolute atomic E-state index is 0.0112. The number of anilines is 1. The molecule has 0 bridgehead atoms. The van der Waals surface area contributed by atoms with E-state index in [0.717, 1.165) is 12.8 Å². The number of sulfonamides is 1. The Morgan fingerprint density at radius 3 is 2.59 bits per heavy atom. The van der Waals surface area contributed by atoms with Crippen LogP contribution in [0.15, 0.2) is 57.9 Å². The molecule has 1 aliphatic rings. The number of nitrogens with one attached hydrogen (secondary N) is 2. The van der Waals surface area contributed by atoms with Gasteiger partial charge < -0.3 is 9.84 Å². The topological polar surface area (TPSA) is 114 Å². The Morgan fingerprint density at radius 1 is 1.16 bits per heavy atom. The number of halogens is 1. The highest BCUT2D eigenvalue weighted by Gasteiger charge is 2.32. The van der Waals surface area contributed by atoms with E-state index in [-0.39, 0.29) is 16.4 Å². The second-order valence-corrected chi connectivity index (χ2v) is 10.2. The zero-order valence-electron chi connectivity index (χ0n) is 17.6. The lowest BCUT2D eigenvalue weighted by Gasteiger charge is -2.18. The van der Waals surface area contributed by atoms with Crippen LogP contribution in [-0.2, 0) is 10.0 Å². The average Bonchev–Trinajstić information content (AvgIpc) is 3.49. The van der Waals surface area contributed by atoms with Gasteiger partial charge in [0.2, 0.25) is 5.89 Å². The minimum Gasteiger partial charge on any atom is -0.340 e. The normalized spacial score (nSPS) is 14.9. The van der Waals surface area contributed by atoms with Gasteiger partial charge in [0.05, 0.1) is 10.6 Å². The summed E-state index contributed by atoms with van der Waals surface area (Å²) in [6.45, 7) is 3.86. The zero-order chi connectivity index (χ0) is 22.9. The number of hydrogen-bond acceptors (Lipinski definition) is 6. The molecule has 1 amide bonds. The Hall–Kier alpha value is -2.91. The molecule has 0 saturated heterocycles. The summed E-state index contributed by atoms with van der Waals surface area (Å²) in [6, 6.07) is 11.7. The van der Waals surface area contributed by atoms with Crippen LogP contribution in [0.4, 0.5) is 5.69 Å². The van der Waals surface area contributed by atoms with Crippen molar-refractivity contribution in [2.75, 3.05) is 4.72 Å². The first kappa shape index (κ1) is 22.3. The van der Waals surface area contributed by atoms with Crippen molar-refractivity contribution in [2.45, 2.75) is 43.5 Å². The second-order valence-electron chi connectivity index (χ2n) is 8.10. The van der Waals surface area contributed by atoms with Crippen LogP contribution in [0.1, 0.15) is 60.7 Å². The molecule has 2 N–H and O–H groups in total. The molecule has 32 heavy (non-hydrogen) atoms. The zero-order valence-corrected chi connectivity index (χ0v) is 19.2. The third kappa shape index (κ3) is 5.11. The van der Waals surface area contributed by atoms with Gasteiger partial charge >= 0.3 is 0 Å². The summed E-state index contributed by atoms with van der Waals surface area (Å²) >= 11 is 5.93. The number of carbonyl (C=O) groups is 1. The molecule has 1 heterocycles. The van der Waals surface area contributed by atoms with Gasteiger partial charge in [-0.05, 0) is 55.2 Å². The smallest absolute Gasteiger partial charge is 0.261 e. The van der Waals surface area contributed by atoms with Crippen LogP contribution in [0.5, 0.6) is 0 Å². The highest BCUT2D eigenvalue weighted by atomic mass is 35.5. The summed E-state index contributed by atoms with van der Waals surface area (Å²) in [6.07, 6.45) is 2.09. The molecular formula is C22H23ClN4O4S. The van der Waals surface area contributed by atoms with Crippen LogP contribution in [0.25, 0.3) is 0 Å². The van der Waals surface area contributed by atoms with Crippen LogP contribution in [0.2, 0.25) is 5.02 Å². The molecule has 10 heteroatoms. The summed E-state index contributed by atoms with van der Waals surface area (Å²) in [5, 5.41) is 7.32. The highest BCUT2D eigenvalue weighted by molar-refractivity contribution is 7.92. The van der Waals surface area contributed by atoms with Crippen LogP contribution in [0.3, 0.4) is 0 Å². The summed E-state index contributed by atoms with van der Waals surface area (Å²) in [5.41, 5.74) is 0.529. The molecule has 8 nitrogen and oxygen atoms in total. The quantitative estimate of drug-likeness (QED) is 0.495. The standard InChI is InChI=1S/C22H23ClN4O4S/c1-13(2)19(22-25-20(26-31-22)14-9-10-14)24-21(28)15-5-3-8-18(11-15)32(29,30)27-17-7-4-6-16(23)12-17/h3-8,11-14,19,27H,9-10H2,1-2H3,(H,24,28). The minimum atomic E-state index is -3.91. The summed E-state index contributed by atoms with van der Waals surface area (Å²) in [7, 11) is -3.91. The molecule has 1 atom stereocenters. The van der Waals surface area contributed by atoms with E-state index >= 15 is 0 Å². The van der Waals surface area contributed by atoms with E-state index < -0.39 is 22.0 Å². The number of benzene rings is 2. The predicted molar refractivity (Wildman–Crippen MR) is 120 cm³/mol. The van der Waals surface area contributed by atoms with Gasteiger partial charge in [0.1, 0.15) is 6.04 Å². The number of hydrogen-bond donors (Lipinski definition) is 2. The number of carbonyl (C=O) groups excluding carboxylic acids is 1. The number of rotatable bonds is 8. The maximum atomic E-state index is 12.9. The van der Waals surface area contributed by atoms with E-state index in [0.29, 0.717) is 28.3 Å². The fourth-order valence-electron chi connectivity index (χ4n) is 3.19. The molecule has 0 aliphatic heterocycles. The van der Waals surface area contributed by atoms with Crippen molar-refractivity contribution in [3.8, 4) is 0 Å². The SMILES string of the molecule is CC(C)C(NC(=O)c1cccc(S(=O)(=O)Nc2cccc(Cl)c2)c1)c1nc(C2CC2)no1. The third-order valence-electron chi connectivity index (χ3n) is 5.10. The van der Waals surface area contributed by atoms with Crippen molar-refractivity contribution in [2.24, 2.45) is 5.92 Å². The van der Waals surface area contributed by atoms with Crippen molar-refractivity contribution in [3.05, 3.63) is 70.8 Å². The molecule has 168 valence electrons. The van der Waals surface area contributed by atoms with Crippen LogP contribution in [0, 0.1) is 5.92 Å². The largest absolute Gasteiger partial charge is 0.340 e. The van der Waals surface area contributed by atoms with Crippen LogP contribution >= 0.6 is 11.6 Å². The Morgan fingerprint density at radius 2 is 1.91 bits per heavy atom. The van der Waals surface area contributed by atoms with Crippen molar-refractivity contribution >= 4 is 33.2 Å². The van der Waals surface area contributed by atoms with Gasteiger partial charge in [0.15, 0.2) is 5.82 Å². The first-order valence-electron chi connectivity index (χ1n) is 10.3. The number of nitrogens with zero attached hydrogens (tertiary/aromatic N) is 2. The van der Waals surface area contributed by atoms with E-state index in [1.54, 1.807) is 24.3 Å².